The zero-order valence-electron chi connectivity index (χ0n) is 27.9. The number of aliphatic hydroxyl groups excluding tert-OH is 1. The monoisotopic (exact) mass is 662 g/mol. The third kappa shape index (κ3) is 8.86. The molecule has 2 amide bonds. The van der Waals surface area contributed by atoms with Crippen LogP contribution in [0.25, 0.3) is 0 Å². The summed E-state index contributed by atoms with van der Waals surface area (Å²) < 4.78 is 19.2. The molecule has 3 saturated heterocycles. The summed E-state index contributed by atoms with van der Waals surface area (Å²) in [7, 11) is 0. The standard InChI is InChI=1S/C40H46N4O5/c45-28-29-13-15-30(16-14-29)38-25-37(27-44-23-7-10-34(44)26-43-21-4-5-22-43)48-39(49-38)31-8-6-9-33(24-31)42-40(46)41-32-17-19-36(20-18-32)47-35-11-2-1-3-12-35/h1-3,6,8-9,11-20,24,34,37-39,45H,4-5,7,10,21-23,25-28H2,(H2,41,42,46). The van der Waals surface area contributed by atoms with Gasteiger partial charge in [0.25, 0.3) is 0 Å². The maximum atomic E-state index is 13.0. The van der Waals surface area contributed by atoms with E-state index in [1.807, 2.05) is 91.0 Å². The molecule has 4 atom stereocenters. The number of carbonyl (C=O) groups is 1. The molecule has 7 rings (SSSR count). The summed E-state index contributed by atoms with van der Waals surface area (Å²) in [5.74, 6) is 1.44. The quantitative estimate of drug-likeness (QED) is 0.151. The Labute approximate surface area is 288 Å². The van der Waals surface area contributed by atoms with Crippen molar-refractivity contribution in [3.05, 3.63) is 120 Å². The molecule has 0 bridgehead atoms. The highest BCUT2D eigenvalue weighted by Crippen LogP contribution is 2.39. The summed E-state index contributed by atoms with van der Waals surface area (Å²) in [4.78, 5) is 18.2. The van der Waals surface area contributed by atoms with Gasteiger partial charge in [-0.2, -0.15) is 0 Å². The Morgan fingerprint density at radius 3 is 2.29 bits per heavy atom. The summed E-state index contributed by atoms with van der Waals surface area (Å²) in [5.41, 5.74) is 4.08. The summed E-state index contributed by atoms with van der Waals surface area (Å²) in [6, 6.07) is 32.7. The number of nitrogens with zero attached hydrogens (tertiary/aromatic N) is 2. The molecular weight excluding hydrogens is 616 g/mol. The molecule has 0 spiro atoms. The number of aliphatic hydroxyl groups is 1. The maximum absolute atomic E-state index is 13.0. The van der Waals surface area contributed by atoms with Crippen LogP contribution in [0.3, 0.4) is 0 Å². The summed E-state index contributed by atoms with van der Waals surface area (Å²) in [6.45, 7) is 5.53. The summed E-state index contributed by atoms with van der Waals surface area (Å²) in [6.07, 6.45) is 5.04. The Morgan fingerprint density at radius 1 is 0.755 bits per heavy atom. The van der Waals surface area contributed by atoms with Gasteiger partial charge in [0.1, 0.15) is 11.5 Å². The number of rotatable bonds is 11. The van der Waals surface area contributed by atoms with E-state index in [1.54, 1.807) is 12.1 Å². The van der Waals surface area contributed by atoms with E-state index in [2.05, 4.69) is 20.4 Å². The minimum atomic E-state index is -0.595. The van der Waals surface area contributed by atoms with Crippen LogP contribution in [0.2, 0.25) is 0 Å². The molecule has 3 N–H and O–H groups in total. The molecule has 3 aliphatic heterocycles. The van der Waals surface area contributed by atoms with Gasteiger partial charge in [-0.05, 0) is 105 Å². The second-order valence-electron chi connectivity index (χ2n) is 13.3. The lowest BCUT2D eigenvalue weighted by Gasteiger charge is -2.39. The first-order chi connectivity index (χ1) is 24.1. The number of benzene rings is 4. The van der Waals surface area contributed by atoms with Gasteiger partial charge in [0.15, 0.2) is 6.29 Å². The van der Waals surface area contributed by atoms with Crippen molar-refractivity contribution in [1.29, 1.82) is 0 Å². The van der Waals surface area contributed by atoms with Crippen molar-refractivity contribution in [2.24, 2.45) is 0 Å². The van der Waals surface area contributed by atoms with Gasteiger partial charge >= 0.3 is 6.03 Å². The van der Waals surface area contributed by atoms with Crippen molar-refractivity contribution in [3.63, 3.8) is 0 Å². The van der Waals surface area contributed by atoms with Crippen molar-refractivity contribution < 1.29 is 24.1 Å². The molecule has 4 unspecified atom stereocenters. The number of nitrogens with one attached hydrogen (secondary N) is 2. The number of carbonyl (C=O) groups excluding carboxylic acids is 1. The second-order valence-corrected chi connectivity index (χ2v) is 13.3. The molecule has 4 aromatic rings. The first-order valence-electron chi connectivity index (χ1n) is 17.6. The minimum Gasteiger partial charge on any atom is -0.457 e. The summed E-state index contributed by atoms with van der Waals surface area (Å²) in [5, 5.41) is 15.5. The first-order valence-corrected chi connectivity index (χ1v) is 17.6. The van der Waals surface area contributed by atoms with E-state index < -0.39 is 6.29 Å². The van der Waals surface area contributed by atoms with Gasteiger partial charge in [0.2, 0.25) is 0 Å². The molecule has 9 nitrogen and oxygen atoms in total. The van der Waals surface area contributed by atoms with Crippen molar-refractivity contribution in [2.75, 3.05) is 43.4 Å². The smallest absolute Gasteiger partial charge is 0.323 e. The van der Waals surface area contributed by atoms with E-state index in [1.165, 1.54) is 38.8 Å². The molecule has 3 heterocycles. The highest BCUT2D eigenvalue weighted by molar-refractivity contribution is 5.99. The van der Waals surface area contributed by atoms with Crippen molar-refractivity contribution in [3.8, 4) is 11.5 Å². The number of amides is 2. The van der Waals surface area contributed by atoms with Crippen LogP contribution < -0.4 is 15.4 Å². The average Bonchev–Trinajstić information content (AvgIpc) is 3.82. The zero-order valence-corrected chi connectivity index (χ0v) is 27.9. The molecule has 3 aliphatic rings. The van der Waals surface area contributed by atoms with Crippen LogP contribution in [0, 0.1) is 0 Å². The predicted octanol–water partition coefficient (Wildman–Crippen LogP) is 7.72. The Morgan fingerprint density at radius 2 is 1.51 bits per heavy atom. The van der Waals surface area contributed by atoms with Crippen LogP contribution in [-0.4, -0.2) is 65.8 Å². The molecule has 0 aliphatic carbocycles. The van der Waals surface area contributed by atoms with Gasteiger partial charge in [-0.15, -0.1) is 0 Å². The molecular formula is C40H46N4O5. The number of para-hydroxylation sites is 1. The molecule has 0 radical (unpaired) electrons. The maximum Gasteiger partial charge on any atom is 0.323 e. The van der Waals surface area contributed by atoms with Crippen LogP contribution in [-0.2, 0) is 16.1 Å². The average molecular weight is 663 g/mol. The Kier molecular flexibility index (Phi) is 10.8. The van der Waals surface area contributed by atoms with Crippen molar-refractivity contribution >= 4 is 17.4 Å². The predicted molar refractivity (Wildman–Crippen MR) is 191 cm³/mol. The van der Waals surface area contributed by atoms with Gasteiger partial charge in [0.05, 0.1) is 18.8 Å². The lowest BCUT2D eigenvalue weighted by atomic mass is 9.99. The van der Waals surface area contributed by atoms with Crippen LogP contribution in [0.15, 0.2) is 103 Å². The number of hydrogen-bond acceptors (Lipinski definition) is 7. The number of urea groups is 1. The highest BCUT2D eigenvalue weighted by Gasteiger charge is 2.36. The molecule has 9 heteroatoms. The molecule has 0 aromatic heterocycles. The summed E-state index contributed by atoms with van der Waals surface area (Å²) >= 11 is 0. The lowest BCUT2D eigenvalue weighted by molar-refractivity contribution is -0.253. The number of likely N-dealkylation sites (tertiary alicyclic amines) is 2. The van der Waals surface area contributed by atoms with Crippen molar-refractivity contribution in [1.82, 2.24) is 9.80 Å². The molecule has 3 fully saturated rings. The van der Waals surface area contributed by atoms with E-state index in [0.29, 0.717) is 23.2 Å². The van der Waals surface area contributed by atoms with E-state index in [0.717, 1.165) is 48.5 Å². The number of hydrogen-bond donors (Lipinski definition) is 3. The third-order valence-corrected chi connectivity index (χ3v) is 9.73. The largest absolute Gasteiger partial charge is 0.457 e. The van der Waals surface area contributed by atoms with Gasteiger partial charge < -0.3 is 34.9 Å². The molecule has 49 heavy (non-hydrogen) atoms. The van der Waals surface area contributed by atoms with Gasteiger partial charge in [-0.3, -0.25) is 4.90 Å². The van der Waals surface area contributed by atoms with Gasteiger partial charge in [-0.25, -0.2) is 4.79 Å². The SMILES string of the molecule is O=C(Nc1ccc(Oc2ccccc2)cc1)Nc1cccc(C2OC(CN3CCCC3CN3CCCC3)CC(c3ccc(CO)cc3)O2)c1. The molecule has 4 aromatic carbocycles. The third-order valence-electron chi connectivity index (χ3n) is 9.73. The topological polar surface area (TPSA) is 95.5 Å². The van der Waals surface area contributed by atoms with Gasteiger partial charge in [-0.1, -0.05) is 54.6 Å². The minimum absolute atomic E-state index is 0.00881. The fourth-order valence-electron chi connectivity index (χ4n) is 7.19. The fourth-order valence-corrected chi connectivity index (χ4v) is 7.19. The normalized spacial score (nSPS) is 23.0. The highest BCUT2D eigenvalue weighted by atomic mass is 16.7. The van der Waals surface area contributed by atoms with E-state index in [9.17, 15) is 9.90 Å². The van der Waals surface area contributed by atoms with Crippen LogP contribution in [0.4, 0.5) is 16.2 Å². The van der Waals surface area contributed by atoms with E-state index >= 15 is 0 Å². The first kappa shape index (κ1) is 33.3. The van der Waals surface area contributed by atoms with E-state index in [4.69, 9.17) is 14.2 Å². The van der Waals surface area contributed by atoms with Crippen LogP contribution in [0.1, 0.15) is 61.2 Å². The zero-order chi connectivity index (χ0) is 33.4. The lowest BCUT2D eigenvalue weighted by Crippen LogP contribution is -2.45. The number of ether oxygens (including phenoxy) is 3. The fraction of sp³-hybridized carbons (Fsp3) is 0.375. The van der Waals surface area contributed by atoms with Crippen LogP contribution >= 0.6 is 0 Å². The Hall–Kier alpha value is -4.25. The van der Waals surface area contributed by atoms with Crippen molar-refractivity contribution in [2.45, 2.75) is 63.3 Å². The Bertz CT molecular complexity index is 1650. The Balaban J connectivity index is 1.02. The molecule has 0 saturated carbocycles. The van der Waals surface area contributed by atoms with E-state index in [-0.39, 0.29) is 24.8 Å². The van der Waals surface area contributed by atoms with Crippen LogP contribution in [0.5, 0.6) is 11.5 Å². The second kappa shape index (κ2) is 16.0. The van der Waals surface area contributed by atoms with Gasteiger partial charge in [0, 0.05) is 42.5 Å². The number of anilines is 2. The molecule has 256 valence electrons.